The smallest absolute Gasteiger partial charge is 0.248 e. The van der Waals surface area contributed by atoms with Crippen LogP contribution in [0.2, 0.25) is 0 Å². The molecule has 0 unspecified atom stereocenters. The van der Waals surface area contributed by atoms with Crippen molar-refractivity contribution in [3.63, 3.8) is 0 Å². The Morgan fingerprint density at radius 3 is 2.72 bits per heavy atom. The molecule has 6 nitrogen and oxygen atoms in total. The summed E-state index contributed by atoms with van der Waals surface area (Å²) in [5.41, 5.74) is 3.11. The highest BCUT2D eigenvalue weighted by Crippen LogP contribution is 2.11. The lowest BCUT2D eigenvalue weighted by Crippen LogP contribution is -2.07. The predicted octanol–water partition coefficient (Wildman–Crippen LogP) is 2.47. The Morgan fingerprint density at radius 2 is 1.92 bits per heavy atom. The summed E-state index contributed by atoms with van der Waals surface area (Å²) in [6.45, 7) is 0.561. The van der Waals surface area contributed by atoms with Crippen LogP contribution in [0, 0.1) is 0 Å². The molecule has 0 aliphatic carbocycles. The standard InChI is InChI=1S/C19H18N4O2/c24-14-16-7-4-8-17(11-16)20-19(25)10-9-18-13-23(22-21-18)12-15-5-2-1-3-6-15/h1-11,13,24H,12,14H2,(H,20,25)/b10-9+. The Hall–Kier alpha value is -3.25. The first kappa shape index (κ1) is 16.6. The minimum atomic E-state index is -0.271. The fourth-order valence-corrected chi connectivity index (χ4v) is 2.33. The highest BCUT2D eigenvalue weighted by Gasteiger charge is 2.02. The third-order valence-electron chi connectivity index (χ3n) is 3.53. The fraction of sp³-hybridized carbons (Fsp3) is 0.105. The van der Waals surface area contributed by atoms with E-state index < -0.39 is 0 Å². The van der Waals surface area contributed by atoms with Crippen LogP contribution in [-0.2, 0) is 17.9 Å². The lowest BCUT2D eigenvalue weighted by atomic mass is 10.2. The molecule has 0 fully saturated rings. The van der Waals surface area contributed by atoms with Gasteiger partial charge in [-0.3, -0.25) is 4.79 Å². The number of nitrogens with zero attached hydrogens (tertiary/aromatic N) is 3. The maximum absolute atomic E-state index is 12.0. The van der Waals surface area contributed by atoms with Gasteiger partial charge in [0.1, 0.15) is 5.69 Å². The van der Waals surface area contributed by atoms with Crippen molar-refractivity contribution in [1.29, 1.82) is 0 Å². The number of hydrogen-bond acceptors (Lipinski definition) is 4. The zero-order chi connectivity index (χ0) is 17.5. The Bertz CT molecular complexity index is 872. The average Bonchev–Trinajstić information content (AvgIpc) is 3.08. The van der Waals surface area contributed by atoms with E-state index in [-0.39, 0.29) is 12.5 Å². The number of anilines is 1. The number of nitrogens with one attached hydrogen (secondary N) is 1. The summed E-state index contributed by atoms with van der Waals surface area (Å²) in [6, 6.07) is 17.0. The highest BCUT2D eigenvalue weighted by atomic mass is 16.3. The molecule has 0 saturated carbocycles. The molecule has 126 valence electrons. The second-order valence-electron chi connectivity index (χ2n) is 5.51. The zero-order valence-electron chi connectivity index (χ0n) is 13.5. The second-order valence-corrected chi connectivity index (χ2v) is 5.51. The van der Waals surface area contributed by atoms with Gasteiger partial charge in [-0.15, -0.1) is 5.10 Å². The summed E-state index contributed by atoms with van der Waals surface area (Å²) >= 11 is 0. The van der Waals surface area contributed by atoms with Crippen LogP contribution in [-0.4, -0.2) is 26.0 Å². The van der Waals surface area contributed by atoms with Crippen molar-refractivity contribution in [2.45, 2.75) is 13.2 Å². The molecule has 3 aromatic rings. The van der Waals surface area contributed by atoms with E-state index in [4.69, 9.17) is 5.11 Å². The van der Waals surface area contributed by atoms with Gasteiger partial charge in [0.05, 0.1) is 19.3 Å². The summed E-state index contributed by atoms with van der Waals surface area (Å²) in [6.07, 6.45) is 4.80. The lowest BCUT2D eigenvalue weighted by Gasteiger charge is -2.03. The van der Waals surface area contributed by atoms with E-state index in [1.54, 1.807) is 41.2 Å². The van der Waals surface area contributed by atoms with Crippen molar-refractivity contribution < 1.29 is 9.90 Å². The van der Waals surface area contributed by atoms with Gasteiger partial charge in [-0.1, -0.05) is 47.7 Å². The molecule has 25 heavy (non-hydrogen) atoms. The Balaban J connectivity index is 1.59. The van der Waals surface area contributed by atoms with Gasteiger partial charge in [0, 0.05) is 11.8 Å². The molecule has 0 aliphatic rings. The topological polar surface area (TPSA) is 80.0 Å². The number of carbonyl (C=O) groups is 1. The molecule has 1 heterocycles. The fourth-order valence-electron chi connectivity index (χ4n) is 2.33. The predicted molar refractivity (Wildman–Crippen MR) is 95.6 cm³/mol. The van der Waals surface area contributed by atoms with Crippen LogP contribution in [0.1, 0.15) is 16.8 Å². The van der Waals surface area contributed by atoms with Crippen LogP contribution in [0.15, 0.2) is 66.9 Å². The first-order valence-electron chi connectivity index (χ1n) is 7.86. The maximum atomic E-state index is 12.0. The van der Waals surface area contributed by atoms with Crippen molar-refractivity contribution in [3.05, 3.63) is 83.7 Å². The number of aliphatic hydroxyl groups excluding tert-OH is 1. The monoisotopic (exact) mass is 334 g/mol. The number of carbonyl (C=O) groups excluding carboxylic acids is 1. The van der Waals surface area contributed by atoms with Crippen LogP contribution in [0.25, 0.3) is 6.08 Å². The van der Waals surface area contributed by atoms with Gasteiger partial charge in [0.15, 0.2) is 0 Å². The quantitative estimate of drug-likeness (QED) is 0.679. The summed E-state index contributed by atoms with van der Waals surface area (Å²) < 4.78 is 1.72. The van der Waals surface area contributed by atoms with Gasteiger partial charge in [0.2, 0.25) is 5.91 Å². The molecule has 6 heteroatoms. The Labute approximate surface area is 145 Å². The molecular weight excluding hydrogens is 316 g/mol. The maximum Gasteiger partial charge on any atom is 0.248 e. The molecule has 1 amide bonds. The number of rotatable bonds is 6. The van der Waals surface area contributed by atoms with Gasteiger partial charge in [0.25, 0.3) is 0 Å². The molecular formula is C19H18N4O2. The second kappa shape index (κ2) is 8.03. The van der Waals surface area contributed by atoms with Crippen LogP contribution in [0.3, 0.4) is 0 Å². The number of benzene rings is 2. The lowest BCUT2D eigenvalue weighted by molar-refractivity contribution is -0.111. The van der Waals surface area contributed by atoms with Crippen molar-refractivity contribution in [2.75, 3.05) is 5.32 Å². The number of aromatic nitrogens is 3. The molecule has 0 bridgehead atoms. The molecule has 1 aromatic heterocycles. The van der Waals surface area contributed by atoms with E-state index >= 15 is 0 Å². The van der Waals surface area contributed by atoms with Gasteiger partial charge in [-0.25, -0.2) is 4.68 Å². The minimum absolute atomic E-state index is 0.0654. The van der Waals surface area contributed by atoms with Gasteiger partial charge in [-0.05, 0) is 29.3 Å². The van der Waals surface area contributed by atoms with Crippen molar-refractivity contribution >= 4 is 17.7 Å². The summed E-state index contributed by atoms with van der Waals surface area (Å²) in [4.78, 5) is 12.0. The van der Waals surface area contributed by atoms with Gasteiger partial charge in [-0.2, -0.15) is 0 Å². The van der Waals surface area contributed by atoms with Crippen LogP contribution < -0.4 is 5.32 Å². The minimum Gasteiger partial charge on any atom is -0.392 e. The average molecular weight is 334 g/mol. The van der Waals surface area contributed by atoms with E-state index in [1.807, 2.05) is 30.3 Å². The number of aliphatic hydroxyl groups is 1. The zero-order valence-corrected chi connectivity index (χ0v) is 13.5. The van der Waals surface area contributed by atoms with E-state index in [9.17, 15) is 4.79 Å². The summed E-state index contributed by atoms with van der Waals surface area (Å²) in [5, 5.41) is 19.9. The molecule has 0 atom stereocenters. The van der Waals surface area contributed by atoms with Crippen molar-refractivity contribution in [2.24, 2.45) is 0 Å². The first-order valence-corrected chi connectivity index (χ1v) is 7.86. The van der Waals surface area contributed by atoms with Gasteiger partial charge < -0.3 is 10.4 Å². The van der Waals surface area contributed by atoms with E-state index in [1.165, 1.54) is 6.08 Å². The van der Waals surface area contributed by atoms with Crippen LogP contribution in [0.5, 0.6) is 0 Å². The number of hydrogen-bond donors (Lipinski definition) is 2. The molecule has 0 radical (unpaired) electrons. The molecule has 0 aliphatic heterocycles. The third-order valence-corrected chi connectivity index (χ3v) is 3.53. The molecule has 3 rings (SSSR count). The summed E-state index contributed by atoms with van der Waals surface area (Å²) in [7, 11) is 0. The third kappa shape index (κ3) is 4.86. The van der Waals surface area contributed by atoms with E-state index in [0.29, 0.717) is 17.9 Å². The molecule has 0 spiro atoms. The normalized spacial score (nSPS) is 10.9. The number of amides is 1. The Kier molecular flexibility index (Phi) is 5.33. The van der Waals surface area contributed by atoms with Crippen molar-refractivity contribution in [1.82, 2.24) is 15.0 Å². The first-order chi connectivity index (χ1) is 12.2. The Morgan fingerprint density at radius 1 is 1.12 bits per heavy atom. The molecule has 2 N–H and O–H groups in total. The largest absolute Gasteiger partial charge is 0.392 e. The summed E-state index contributed by atoms with van der Waals surface area (Å²) in [5.74, 6) is -0.271. The highest BCUT2D eigenvalue weighted by molar-refractivity contribution is 6.01. The van der Waals surface area contributed by atoms with Crippen molar-refractivity contribution in [3.8, 4) is 0 Å². The van der Waals surface area contributed by atoms with E-state index in [2.05, 4.69) is 15.6 Å². The SMILES string of the molecule is O=C(/C=C/c1cn(Cc2ccccc2)nn1)Nc1cccc(CO)c1. The van der Waals surface area contributed by atoms with Gasteiger partial charge >= 0.3 is 0 Å². The van der Waals surface area contributed by atoms with Crippen LogP contribution >= 0.6 is 0 Å². The molecule has 2 aromatic carbocycles. The van der Waals surface area contributed by atoms with E-state index in [0.717, 1.165) is 11.1 Å². The molecule has 0 saturated heterocycles. The van der Waals surface area contributed by atoms with Crippen LogP contribution in [0.4, 0.5) is 5.69 Å².